The minimum absolute atomic E-state index is 0.136. The van der Waals surface area contributed by atoms with Crippen molar-refractivity contribution < 1.29 is 14.6 Å². The Morgan fingerprint density at radius 1 is 1.70 bits per heavy atom. The number of hydrogen-bond acceptors (Lipinski definition) is 6. The van der Waals surface area contributed by atoms with Gasteiger partial charge in [-0.1, -0.05) is 0 Å². The predicted molar refractivity (Wildman–Crippen MR) is 76.3 cm³/mol. The molecule has 1 saturated heterocycles. The van der Waals surface area contributed by atoms with Gasteiger partial charge in [0, 0.05) is 37.7 Å². The molecule has 1 fully saturated rings. The van der Waals surface area contributed by atoms with Gasteiger partial charge in [-0.05, 0) is 6.92 Å². The summed E-state index contributed by atoms with van der Waals surface area (Å²) in [5, 5.41) is 15.7. The third-order valence-electron chi connectivity index (χ3n) is 3.90. The number of aliphatic hydroxyl groups is 1. The molecule has 1 aliphatic heterocycles. The summed E-state index contributed by atoms with van der Waals surface area (Å²) >= 11 is 1.57. The molecule has 1 aliphatic rings. The lowest BCUT2D eigenvalue weighted by Gasteiger charge is -2.26. The highest BCUT2D eigenvalue weighted by Crippen LogP contribution is 2.26. The molecular formula is C13H19N3O3S. The lowest BCUT2D eigenvalue weighted by atomic mass is 9.97. The maximum atomic E-state index is 10.4. The third kappa shape index (κ3) is 2.31. The molecule has 3 heterocycles. The largest absolute Gasteiger partial charge is 0.480 e. The number of rotatable bonds is 5. The minimum atomic E-state index is -0.786. The maximum Gasteiger partial charge on any atom is 0.237 e. The Morgan fingerprint density at radius 2 is 2.55 bits per heavy atom. The van der Waals surface area contributed by atoms with Gasteiger partial charge in [-0.3, -0.25) is 4.40 Å². The van der Waals surface area contributed by atoms with Crippen molar-refractivity contribution >= 4 is 16.3 Å². The Morgan fingerprint density at radius 3 is 3.25 bits per heavy atom. The molecule has 0 aromatic carbocycles. The SMILES string of the molecule is COc1nc2sccn2c1CNCC1(O)CCOC1C. The van der Waals surface area contributed by atoms with Crippen LogP contribution in [0, 0.1) is 0 Å². The van der Waals surface area contributed by atoms with Crippen LogP contribution in [0.5, 0.6) is 5.88 Å². The molecular weight excluding hydrogens is 278 g/mol. The monoisotopic (exact) mass is 297 g/mol. The molecule has 0 spiro atoms. The molecule has 2 atom stereocenters. The molecule has 2 aromatic rings. The summed E-state index contributed by atoms with van der Waals surface area (Å²) in [6.07, 6.45) is 2.50. The van der Waals surface area contributed by atoms with E-state index in [-0.39, 0.29) is 6.10 Å². The van der Waals surface area contributed by atoms with E-state index in [4.69, 9.17) is 9.47 Å². The minimum Gasteiger partial charge on any atom is -0.480 e. The van der Waals surface area contributed by atoms with Crippen molar-refractivity contribution in [2.45, 2.75) is 31.6 Å². The smallest absolute Gasteiger partial charge is 0.237 e. The average molecular weight is 297 g/mol. The van der Waals surface area contributed by atoms with E-state index in [1.165, 1.54) is 0 Å². The van der Waals surface area contributed by atoms with Crippen LogP contribution in [0.2, 0.25) is 0 Å². The number of aromatic nitrogens is 2. The summed E-state index contributed by atoms with van der Waals surface area (Å²) < 4.78 is 12.7. The molecule has 2 aromatic heterocycles. The lowest BCUT2D eigenvalue weighted by Crippen LogP contribution is -2.45. The molecule has 6 nitrogen and oxygen atoms in total. The first-order chi connectivity index (χ1) is 9.64. The Balaban J connectivity index is 1.69. The van der Waals surface area contributed by atoms with Crippen LogP contribution in [0.3, 0.4) is 0 Å². The summed E-state index contributed by atoms with van der Waals surface area (Å²) in [6.45, 7) is 3.61. The van der Waals surface area contributed by atoms with E-state index < -0.39 is 5.60 Å². The summed E-state index contributed by atoms with van der Waals surface area (Å²) in [5.74, 6) is 0.632. The Labute approximate surface area is 121 Å². The van der Waals surface area contributed by atoms with Crippen molar-refractivity contribution in [3.63, 3.8) is 0 Å². The first-order valence-electron chi connectivity index (χ1n) is 6.67. The van der Waals surface area contributed by atoms with E-state index >= 15 is 0 Å². The Hall–Kier alpha value is -1.15. The predicted octanol–water partition coefficient (Wildman–Crippen LogP) is 1.03. The van der Waals surface area contributed by atoms with Crippen LogP contribution < -0.4 is 10.1 Å². The number of methoxy groups -OCH3 is 1. The van der Waals surface area contributed by atoms with Gasteiger partial charge in [0.1, 0.15) is 11.3 Å². The van der Waals surface area contributed by atoms with Crippen LogP contribution in [-0.4, -0.2) is 46.5 Å². The third-order valence-corrected chi connectivity index (χ3v) is 4.66. The van der Waals surface area contributed by atoms with E-state index in [2.05, 4.69) is 10.3 Å². The van der Waals surface area contributed by atoms with Crippen LogP contribution in [0.1, 0.15) is 19.0 Å². The van der Waals surface area contributed by atoms with Gasteiger partial charge < -0.3 is 19.9 Å². The van der Waals surface area contributed by atoms with Crippen molar-refractivity contribution in [3.05, 3.63) is 17.3 Å². The normalized spacial score (nSPS) is 26.4. The molecule has 3 rings (SSSR count). The molecule has 0 bridgehead atoms. The molecule has 110 valence electrons. The zero-order valence-electron chi connectivity index (χ0n) is 11.6. The second kappa shape index (κ2) is 5.33. The van der Waals surface area contributed by atoms with E-state index in [1.807, 2.05) is 22.9 Å². The van der Waals surface area contributed by atoms with Crippen LogP contribution in [0.25, 0.3) is 4.96 Å². The zero-order valence-corrected chi connectivity index (χ0v) is 12.4. The van der Waals surface area contributed by atoms with Crippen molar-refractivity contribution in [1.29, 1.82) is 0 Å². The fraction of sp³-hybridized carbons (Fsp3) is 0.615. The van der Waals surface area contributed by atoms with Crippen LogP contribution in [-0.2, 0) is 11.3 Å². The Kier molecular flexibility index (Phi) is 3.68. The first kappa shape index (κ1) is 13.8. The highest BCUT2D eigenvalue weighted by Gasteiger charge is 2.39. The molecule has 2 N–H and O–H groups in total. The number of nitrogens with one attached hydrogen (secondary N) is 1. The highest BCUT2D eigenvalue weighted by atomic mass is 32.1. The van der Waals surface area contributed by atoms with E-state index in [9.17, 15) is 5.11 Å². The number of imidazole rings is 1. The standard InChI is InChI=1S/C13H19N3O3S/c1-9-13(17,3-5-19-9)8-14-7-10-11(18-2)15-12-16(10)4-6-20-12/h4,6,9,14,17H,3,5,7-8H2,1-2H3. The quantitative estimate of drug-likeness (QED) is 0.863. The van der Waals surface area contributed by atoms with Crippen molar-refractivity contribution in [1.82, 2.24) is 14.7 Å². The number of thiazole rings is 1. The summed E-state index contributed by atoms with van der Waals surface area (Å²) in [6, 6.07) is 0. The molecule has 0 amide bonds. The molecule has 7 heteroatoms. The second-order valence-corrected chi connectivity index (χ2v) is 5.97. The average Bonchev–Trinajstić information content (AvgIpc) is 3.08. The topological polar surface area (TPSA) is 68.0 Å². The maximum absolute atomic E-state index is 10.4. The van der Waals surface area contributed by atoms with Gasteiger partial charge in [-0.25, -0.2) is 0 Å². The van der Waals surface area contributed by atoms with E-state index in [1.54, 1.807) is 18.4 Å². The van der Waals surface area contributed by atoms with Crippen LogP contribution in [0.4, 0.5) is 0 Å². The van der Waals surface area contributed by atoms with Crippen LogP contribution >= 0.6 is 11.3 Å². The summed E-state index contributed by atoms with van der Waals surface area (Å²) in [7, 11) is 1.62. The van der Waals surface area contributed by atoms with Gasteiger partial charge in [0.05, 0.1) is 13.2 Å². The van der Waals surface area contributed by atoms with Gasteiger partial charge in [0.2, 0.25) is 5.88 Å². The lowest BCUT2D eigenvalue weighted by molar-refractivity contribution is -0.0263. The van der Waals surface area contributed by atoms with Gasteiger partial charge in [-0.15, -0.1) is 11.3 Å². The van der Waals surface area contributed by atoms with E-state index in [0.717, 1.165) is 10.7 Å². The van der Waals surface area contributed by atoms with Gasteiger partial charge >= 0.3 is 0 Å². The van der Waals surface area contributed by atoms with Gasteiger partial charge in [-0.2, -0.15) is 4.98 Å². The summed E-state index contributed by atoms with van der Waals surface area (Å²) in [5.41, 5.74) is 0.185. The fourth-order valence-corrected chi connectivity index (χ4v) is 3.26. The van der Waals surface area contributed by atoms with Crippen molar-refractivity contribution in [3.8, 4) is 5.88 Å². The Bertz CT molecular complexity index is 597. The molecule has 2 unspecified atom stereocenters. The number of hydrogen-bond donors (Lipinski definition) is 2. The van der Waals surface area contributed by atoms with Crippen LogP contribution in [0.15, 0.2) is 11.6 Å². The summed E-state index contributed by atoms with van der Waals surface area (Å²) in [4.78, 5) is 5.32. The second-order valence-electron chi connectivity index (χ2n) is 5.09. The number of fused-ring (bicyclic) bond motifs is 1. The zero-order chi connectivity index (χ0) is 14.2. The fourth-order valence-electron chi connectivity index (χ4n) is 2.54. The van der Waals surface area contributed by atoms with Crippen molar-refractivity contribution in [2.75, 3.05) is 20.3 Å². The van der Waals surface area contributed by atoms with Gasteiger partial charge in [0.25, 0.3) is 0 Å². The number of nitrogens with zero attached hydrogens (tertiary/aromatic N) is 2. The molecule has 0 radical (unpaired) electrons. The number of ether oxygens (including phenoxy) is 2. The molecule has 0 aliphatic carbocycles. The molecule has 20 heavy (non-hydrogen) atoms. The highest BCUT2D eigenvalue weighted by molar-refractivity contribution is 7.15. The van der Waals surface area contributed by atoms with E-state index in [0.29, 0.717) is 32.0 Å². The first-order valence-corrected chi connectivity index (χ1v) is 7.55. The van der Waals surface area contributed by atoms with Crippen molar-refractivity contribution in [2.24, 2.45) is 0 Å². The van der Waals surface area contributed by atoms with Gasteiger partial charge in [0.15, 0.2) is 4.96 Å². The molecule has 0 saturated carbocycles.